The molecule has 180 valence electrons. The van der Waals surface area contributed by atoms with E-state index in [1.807, 2.05) is 42.5 Å². The third kappa shape index (κ3) is 5.31. The Kier molecular flexibility index (Phi) is 7.64. The van der Waals surface area contributed by atoms with E-state index in [4.69, 9.17) is 4.98 Å². The molecule has 3 aromatic rings. The van der Waals surface area contributed by atoms with Gasteiger partial charge in [0.25, 0.3) is 5.91 Å². The van der Waals surface area contributed by atoms with Crippen molar-refractivity contribution in [2.24, 2.45) is 5.92 Å². The first-order valence-electron chi connectivity index (χ1n) is 12.6. The Morgan fingerprint density at radius 3 is 2.21 bits per heavy atom. The van der Waals surface area contributed by atoms with Crippen LogP contribution in [-0.2, 0) is 6.54 Å². The molecule has 2 aromatic carbocycles. The second kappa shape index (κ2) is 10.7. The van der Waals surface area contributed by atoms with Gasteiger partial charge in [0, 0.05) is 61.3 Å². The number of nitrogens with zero attached hydrogens (tertiary/aromatic N) is 3. The van der Waals surface area contributed by atoms with Crippen LogP contribution in [0.1, 0.15) is 50.5 Å². The number of aromatic nitrogens is 1. The molecule has 1 amide bonds. The number of hydrogen-bond donors (Lipinski definition) is 1. The van der Waals surface area contributed by atoms with Gasteiger partial charge in [-0.3, -0.25) is 14.6 Å². The number of carbonyl (C=O) groups is 1. The van der Waals surface area contributed by atoms with E-state index in [0.717, 1.165) is 59.5 Å². The standard InChI is InChI=1S/C29H38N4O/c1-20(2)22(5)30-29(34)27-24-13-9-10-14-26(24)31-28(23-11-7-6-8-12-23)25(27)19-32-15-17-33(18-16-32)21(3)4/h6-14,20-22H,15-19H2,1-5H3,(H,30,34)/t22-/m1/s1. The predicted molar refractivity (Wildman–Crippen MR) is 141 cm³/mol. The summed E-state index contributed by atoms with van der Waals surface area (Å²) in [6.45, 7) is 15.7. The molecule has 5 heteroatoms. The van der Waals surface area contributed by atoms with Crippen molar-refractivity contribution in [2.45, 2.75) is 53.2 Å². The van der Waals surface area contributed by atoms with Gasteiger partial charge in [0.2, 0.25) is 0 Å². The van der Waals surface area contributed by atoms with E-state index in [2.05, 4.69) is 61.9 Å². The number of carbonyl (C=O) groups excluding carboxylic acids is 1. The third-order valence-corrected chi connectivity index (χ3v) is 7.15. The Morgan fingerprint density at radius 1 is 0.912 bits per heavy atom. The fourth-order valence-corrected chi connectivity index (χ4v) is 4.61. The molecular weight excluding hydrogens is 420 g/mol. The molecule has 5 nitrogen and oxygen atoms in total. The molecule has 4 rings (SSSR count). The second-order valence-electron chi connectivity index (χ2n) is 10.1. The molecule has 34 heavy (non-hydrogen) atoms. The van der Waals surface area contributed by atoms with E-state index in [-0.39, 0.29) is 11.9 Å². The van der Waals surface area contributed by atoms with Gasteiger partial charge < -0.3 is 5.32 Å². The lowest BCUT2D eigenvalue weighted by Gasteiger charge is -2.37. The first-order valence-corrected chi connectivity index (χ1v) is 12.6. The van der Waals surface area contributed by atoms with Crippen molar-refractivity contribution in [1.29, 1.82) is 0 Å². The highest BCUT2D eigenvalue weighted by molar-refractivity contribution is 6.09. The van der Waals surface area contributed by atoms with Crippen LogP contribution >= 0.6 is 0 Å². The van der Waals surface area contributed by atoms with Gasteiger partial charge in [-0.1, -0.05) is 62.4 Å². The summed E-state index contributed by atoms with van der Waals surface area (Å²) in [7, 11) is 0. The van der Waals surface area contributed by atoms with Gasteiger partial charge in [-0.15, -0.1) is 0 Å². The molecule has 1 fully saturated rings. The summed E-state index contributed by atoms with van der Waals surface area (Å²) in [5.41, 5.74) is 4.61. The molecule has 1 saturated heterocycles. The highest BCUT2D eigenvalue weighted by atomic mass is 16.1. The zero-order valence-electron chi connectivity index (χ0n) is 21.2. The van der Waals surface area contributed by atoms with Gasteiger partial charge in [-0.2, -0.15) is 0 Å². The molecule has 0 saturated carbocycles. The Bertz CT molecular complexity index is 1120. The van der Waals surface area contributed by atoms with E-state index in [1.165, 1.54) is 0 Å². The maximum atomic E-state index is 13.8. The van der Waals surface area contributed by atoms with Crippen molar-refractivity contribution in [3.8, 4) is 11.3 Å². The first kappa shape index (κ1) is 24.4. The normalized spacial score (nSPS) is 16.3. The molecule has 1 aliphatic heterocycles. The van der Waals surface area contributed by atoms with Gasteiger partial charge in [0.15, 0.2) is 0 Å². The maximum absolute atomic E-state index is 13.8. The summed E-state index contributed by atoms with van der Waals surface area (Å²) in [4.78, 5) is 23.9. The molecule has 1 N–H and O–H groups in total. The summed E-state index contributed by atoms with van der Waals surface area (Å²) in [5.74, 6) is 0.353. The van der Waals surface area contributed by atoms with Crippen LogP contribution in [0.25, 0.3) is 22.2 Å². The quantitative estimate of drug-likeness (QED) is 0.529. The fourth-order valence-electron chi connectivity index (χ4n) is 4.61. The fraction of sp³-hybridized carbons (Fsp3) is 0.448. The summed E-state index contributed by atoms with van der Waals surface area (Å²) in [5, 5.41) is 4.20. The van der Waals surface area contributed by atoms with E-state index in [0.29, 0.717) is 18.5 Å². The average molecular weight is 459 g/mol. The summed E-state index contributed by atoms with van der Waals surface area (Å²) in [6, 6.07) is 19.0. The van der Waals surface area contributed by atoms with Crippen molar-refractivity contribution in [2.75, 3.05) is 26.2 Å². The van der Waals surface area contributed by atoms with Crippen molar-refractivity contribution in [1.82, 2.24) is 20.1 Å². The molecule has 0 radical (unpaired) electrons. The molecule has 2 heterocycles. The minimum atomic E-state index is -0.00667. The number of nitrogens with one attached hydrogen (secondary N) is 1. The van der Waals surface area contributed by atoms with Crippen LogP contribution in [0.3, 0.4) is 0 Å². The van der Waals surface area contributed by atoms with Crippen molar-refractivity contribution in [3.05, 3.63) is 65.7 Å². The van der Waals surface area contributed by atoms with Gasteiger partial charge in [0.05, 0.1) is 16.8 Å². The van der Waals surface area contributed by atoms with E-state index in [1.54, 1.807) is 0 Å². The van der Waals surface area contributed by atoms with Gasteiger partial charge in [-0.25, -0.2) is 4.98 Å². The number of hydrogen-bond acceptors (Lipinski definition) is 4. The van der Waals surface area contributed by atoms with Crippen LogP contribution in [0, 0.1) is 5.92 Å². The number of para-hydroxylation sites is 1. The summed E-state index contributed by atoms with van der Waals surface area (Å²) < 4.78 is 0. The average Bonchev–Trinajstić information content (AvgIpc) is 2.84. The molecule has 0 bridgehead atoms. The second-order valence-corrected chi connectivity index (χ2v) is 10.1. The van der Waals surface area contributed by atoms with Crippen LogP contribution in [0.5, 0.6) is 0 Å². The lowest BCUT2D eigenvalue weighted by Crippen LogP contribution is -2.48. The van der Waals surface area contributed by atoms with E-state index < -0.39 is 0 Å². The van der Waals surface area contributed by atoms with Crippen molar-refractivity contribution < 1.29 is 4.79 Å². The topological polar surface area (TPSA) is 48.5 Å². The monoisotopic (exact) mass is 458 g/mol. The Labute approximate surface area is 204 Å². The number of fused-ring (bicyclic) bond motifs is 1. The summed E-state index contributed by atoms with van der Waals surface area (Å²) >= 11 is 0. The maximum Gasteiger partial charge on any atom is 0.252 e. The highest BCUT2D eigenvalue weighted by Gasteiger charge is 2.26. The van der Waals surface area contributed by atoms with Crippen LogP contribution in [0.15, 0.2) is 54.6 Å². The number of benzene rings is 2. The highest BCUT2D eigenvalue weighted by Crippen LogP contribution is 2.32. The minimum absolute atomic E-state index is 0.00667. The Morgan fingerprint density at radius 2 is 1.56 bits per heavy atom. The molecule has 1 atom stereocenters. The lowest BCUT2D eigenvalue weighted by atomic mass is 9.94. The third-order valence-electron chi connectivity index (χ3n) is 7.15. The molecule has 0 unspecified atom stereocenters. The van der Waals surface area contributed by atoms with Crippen LogP contribution in [0.4, 0.5) is 0 Å². The smallest absolute Gasteiger partial charge is 0.252 e. The molecule has 1 aliphatic rings. The Hall–Kier alpha value is -2.76. The van der Waals surface area contributed by atoms with Crippen LogP contribution < -0.4 is 5.32 Å². The molecule has 0 aliphatic carbocycles. The van der Waals surface area contributed by atoms with Crippen molar-refractivity contribution >= 4 is 16.8 Å². The zero-order valence-corrected chi connectivity index (χ0v) is 21.2. The van der Waals surface area contributed by atoms with Gasteiger partial charge in [0.1, 0.15) is 0 Å². The van der Waals surface area contributed by atoms with Gasteiger partial charge in [-0.05, 0) is 32.8 Å². The minimum Gasteiger partial charge on any atom is -0.349 e. The summed E-state index contributed by atoms with van der Waals surface area (Å²) in [6.07, 6.45) is 0. The van der Waals surface area contributed by atoms with Crippen molar-refractivity contribution in [3.63, 3.8) is 0 Å². The van der Waals surface area contributed by atoms with Gasteiger partial charge >= 0.3 is 0 Å². The zero-order chi connectivity index (χ0) is 24.2. The van der Waals surface area contributed by atoms with Crippen LogP contribution in [0.2, 0.25) is 0 Å². The lowest BCUT2D eigenvalue weighted by molar-refractivity contribution is 0.0922. The molecule has 0 spiro atoms. The largest absolute Gasteiger partial charge is 0.349 e. The molecule has 1 aromatic heterocycles. The molecular formula is C29H38N4O. The van der Waals surface area contributed by atoms with E-state index in [9.17, 15) is 4.79 Å². The first-order chi connectivity index (χ1) is 16.3. The van der Waals surface area contributed by atoms with Crippen LogP contribution in [-0.4, -0.2) is 59.0 Å². The Balaban J connectivity index is 1.82. The van der Waals surface area contributed by atoms with E-state index >= 15 is 0 Å². The SMILES string of the molecule is CC(C)[C@@H](C)NC(=O)c1c(CN2CCN(C(C)C)CC2)c(-c2ccccc2)nc2ccccc12. The number of piperazine rings is 1. The predicted octanol–water partition coefficient (Wildman–Crippen LogP) is 5.20. The number of pyridine rings is 1. The number of rotatable bonds is 7. The number of amides is 1.